The maximum Gasteiger partial charge on any atom is 0.230 e. The molecule has 0 unspecified atom stereocenters. The molecular weight excluding hydrogens is 391 g/mol. The van der Waals surface area contributed by atoms with Crippen molar-refractivity contribution in [3.63, 3.8) is 0 Å². The van der Waals surface area contributed by atoms with Crippen LogP contribution in [0.3, 0.4) is 0 Å². The van der Waals surface area contributed by atoms with Crippen LogP contribution in [0.2, 0.25) is 0 Å². The fourth-order valence-electron chi connectivity index (χ4n) is 4.71. The van der Waals surface area contributed by atoms with Crippen LogP contribution >= 0.6 is 0 Å². The lowest BCUT2D eigenvalue weighted by atomic mass is 9.88. The van der Waals surface area contributed by atoms with E-state index in [4.69, 9.17) is 4.74 Å². The average molecular weight is 425 g/mol. The maximum absolute atomic E-state index is 13.7. The van der Waals surface area contributed by atoms with Crippen molar-refractivity contribution in [2.24, 2.45) is 5.92 Å². The molecule has 0 radical (unpaired) electrons. The van der Waals surface area contributed by atoms with Gasteiger partial charge in [0.1, 0.15) is 18.2 Å². The summed E-state index contributed by atoms with van der Waals surface area (Å²) >= 11 is 0. The Morgan fingerprint density at radius 1 is 1.00 bits per heavy atom. The van der Waals surface area contributed by atoms with Gasteiger partial charge >= 0.3 is 0 Å². The predicted molar refractivity (Wildman–Crippen MR) is 122 cm³/mol. The fraction of sp³-hybridized carbons (Fsp3) is 0.500. The highest BCUT2D eigenvalue weighted by atomic mass is 19.1. The van der Waals surface area contributed by atoms with Gasteiger partial charge in [-0.15, -0.1) is 0 Å². The molecule has 1 aliphatic heterocycles. The molecule has 31 heavy (non-hydrogen) atoms. The van der Waals surface area contributed by atoms with Crippen molar-refractivity contribution in [3.05, 3.63) is 59.9 Å². The molecule has 0 bridgehead atoms. The van der Waals surface area contributed by atoms with Gasteiger partial charge < -0.3 is 9.64 Å². The molecular formula is C26H33FN2O2. The minimum Gasteiger partial charge on any atom is -0.492 e. The van der Waals surface area contributed by atoms with Crippen molar-refractivity contribution >= 4 is 11.6 Å². The number of halogens is 1. The van der Waals surface area contributed by atoms with Crippen LogP contribution in [0.15, 0.2) is 48.5 Å². The Balaban J connectivity index is 1.44. The molecule has 1 amide bonds. The Kier molecular flexibility index (Phi) is 7.57. The third-order valence-electron chi connectivity index (χ3n) is 6.47. The van der Waals surface area contributed by atoms with Gasteiger partial charge in [0.25, 0.3) is 0 Å². The van der Waals surface area contributed by atoms with Crippen LogP contribution in [-0.2, 0) is 11.3 Å². The molecule has 2 aromatic carbocycles. The number of carbonyl (C=O) groups excluding carboxylic acids is 1. The predicted octanol–water partition coefficient (Wildman–Crippen LogP) is 5.41. The third-order valence-corrected chi connectivity index (χ3v) is 6.47. The first-order chi connectivity index (χ1) is 15.2. The highest BCUT2D eigenvalue weighted by molar-refractivity contribution is 5.95. The van der Waals surface area contributed by atoms with Gasteiger partial charge in [0.05, 0.1) is 6.54 Å². The number of carbonyl (C=O) groups is 1. The monoisotopic (exact) mass is 424 g/mol. The van der Waals surface area contributed by atoms with E-state index in [1.807, 2.05) is 35.2 Å². The van der Waals surface area contributed by atoms with E-state index in [-0.39, 0.29) is 17.6 Å². The zero-order valence-corrected chi connectivity index (χ0v) is 18.3. The lowest BCUT2D eigenvalue weighted by Gasteiger charge is -2.29. The van der Waals surface area contributed by atoms with E-state index in [1.54, 1.807) is 6.07 Å². The lowest BCUT2D eigenvalue weighted by Crippen LogP contribution is -2.36. The first kappa shape index (κ1) is 21.8. The van der Waals surface area contributed by atoms with Crippen LogP contribution in [0.4, 0.5) is 10.1 Å². The van der Waals surface area contributed by atoms with Gasteiger partial charge in [-0.2, -0.15) is 0 Å². The van der Waals surface area contributed by atoms with Crippen LogP contribution in [-0.4, -0.2) is 37.0 Å². The van der Waals surface area contributed by atoms with Crippen LogP contribution < -0.4 is 9.64 Å². The fourth-order valence-corrected chi connectivity index (χ4v) is 4.71. The second kappa shape index (κ2) is 10.8. The number of amides is 1. The molecule has 1 heterocycles. The van der Waals surface area contributed by atoms with Crippen LogP contribution in [0, 0.1) is 11.7 Å². The van der Waals surface area contributed by atoms with Gasteiger partial charge in [0.15, 0.2) is 0 Å². The molecule has 2 aliphatic rings. The van der Waals surface area contributed by atoms with Gasteiger partial charge in [0.2, 0.25) is 5.91 Å². The number of nitrogens with zero attached hydrogens (tertiary/aromatic N) is 2. The molecule has 0 spiro atoms. The standard InChI is InChI=1S/C26H33FN2O2/c27-23-10-6-7-21(19-23)20-29(26(30)22-8-2-1-3-9-22)24-11-13-25(14-12-24)31-18-17-28-15-4-5-16-28/h6-7,10-14,19,22H,1-5,8-9,15-18,20H2. The summed E-state index contributed by atoms with van der Waals surface area (Å²) in [7, 11) is 0. The molecule has 1 saturated heterocycles. The maximum atomic E-state index is 13.7. The van der Waals surface area contributed by atoms with E-state index in [1.165, 1.54) is 44.5 Å². The number of rotatable bonds is 8. The Hall–Kier alpha value is -2.40. The molecule has 2 fully saturated rings. The van der Waals surface area contributed by atoms with E-state index < -0.39 is 0 Å². The third kappa shape index (κ3) is 6.07. The minimum absolute atomic E-state index is 0.0543. The molecule has 1 saturated carbocycles. The SMILES string of the molecule is O=C(C1CCCCC1)N(Cc1cccc(F)c1)c1ccc(OCCN2CCCC2)cc1. The molecule has 0 atom stereocenters. The van der Waals surface area contributed by atoms with Gasteiger partial charge in [-0.3, -0.25) is 9.69 Å². The van der Waals surface area contributed by atoms with Crippen molar-refractivity contribution in [2.75, 3.05) is 31.1 Å². The lowest BCUT2D eigenvalue weighted by molar-refractivity contribution is -0.123. The molecule has 4 nitrogen and oxygen atoms in total. The number of ether oxygens (including phenoxy) is 1. The van der Waals surface area contributed by atoms with Crippen molar-refractivity contribution < 1.29 is 13.9 Å². The summed E-state index contributed by atoms with van der Waals surface area (Å²) < 4.78 is 19.7. The topological polar surface area (TPSA) is 32.8 Å². The zero-order chi connectivity index (χ0) is 21.5. The molecule has 4 rings (SSSR count). The Morgan fingerprint density at radius 3 is 2.45 bits per heavy atom. The zero-order valence-electron chi connectivity index (χ0n) is 18.3. The Morgan fingerprint density at radius 2 is 1.74 bits per heavy atom. The van der Waals surface area contributed by atoms with Crippen LogP contribution in [0.25, 0.3) is 0 Å². The van der Waals surface area contributed by atoms with Gasteiger partial charge in [-0.05, 0) is 80.7 Å². The number of anilines is 1. The second-order valence-corrected chi connectivity index (χ2v) is 8.78. The average Bonchev–Trinajstić information content (AvgIpc) is 3.32. The summed E-state index contributed by atoms with van der Waals surface area (Å²) in [6, 6.07) is 14.3. The van der Waals surface area contributed by atoms with Crippen molar-refractivity contribution in [2.45, 2.75) is 51.5 Å². The first-order valence-electron chi connectivity index (χ1n) is 11.7. The molecule has 166 valence electrons. The Bertz CT molecular complexity index is 843. The van der Waals surface area contributed by atoms with Crippen LogP contribution in [0.5, 0.6) is 5.75 Å². The molecule has 2 aromatic rings. The number of likely N-dealkylation sites (tertiary alicyclic amines) is 1. The number of hydrogen-bond donors (Lipinski definition) is 0. The Labute approximate surface area is 185 Å². The summed E-state index contributed by atoms with van der Waals surface area (Å²) in [6.07, 6.45) is 7.86. The normalized spacial score (nSPS) is 17.6. The summed E-state index contributed by atoms with van der Waals surface area (Å²) in [5.74, 6) is 0.744. The highest BCUT2D eigenvalue weighted by Crippen LogP contribution is 2.29. The second-order valence-electron chi connectivity index (χ2n) is 8.78. The van der Waals surface area contributed by atoms with E-state index in [0.29, 0.717) is 13.2 Å². The van der Waals surface area contributed by atoms with Gasteiger partial charge in [-0.25, -0.2) is 4.39 Å². The van der Waals surface area contributed by atoms with Crippen molar-refractivity contribution in [1.29, 1.82) is 0 Å². The van der Waals surface area contributed by atoms with Crippen molar-refractivity contribution in [1.82, 2.24) is 4.90 Å². The number of benzene rings is 2. The van der Waals surface area contributed by atoms with Crippen LogP contribution in [0.1, 0.15) is 50.5 Å². The highest BCUT2D eigenvalue weighted by Gasteiger charge is 2.27. The summed E-state index contributed by atoms with van der Waals surface area (Å²) in [6.45, 7) is 4.34. The van der Waals surface area contributed by atoms with Gasteiger partial charge in [0, 0.05) is 18.2 Å². The summed E-state index contributed by atoms with van der Waals surface area (Å²) in [5, 5.41) is 0. The molecule has 5 heteroatoms. The van der Waals surface area contributed by atoms with E-state index in [2.05, 4.69) is 4.90 Å². The molecule has 0 aromatic heterocycles. The van der Waals surface area contributed by atoms with E-state index >= 15 is 0 Å². The first-order valence-corrected chi connectivity index (χ1v) is 11.7. The van der Waals surface area contributed by atoms with E-state index in [9.17, 15) is 9.18 Å². The van der Waals surface area contributed by atoms with Crippen molar-refractivity contribution in [3.8, 4) is 5.75 Å². The minimum atomic E-state index is -0.274. The quantitative estimate of drug-likeness (QED) is 0.568. The summed E-state index contributed by atoms with van der Waals surface area (Å²) in [4.78, 5) is 17.6. The van der Waals surface area contributed by atoms with E-state index in [0.717, 1.165) is 49.2 Å². The van der Waals surface area contributed by atoms with Gasteiger partial charge in [-0.1, -0.05) is 31.4 Å². The summed E-state index contributed by atoms with van der Waals surface area (Å²) in [5.41, 5.74) is 1.64. The molecule has 1 aliphatic carbocycles. The number of hydrogen-bond acceptors (Lipinski definition) is 3. The smallest absolute Gasteiger partial charge is 0.230 e. The molecule has 0 N–H and O–H groups in total. The largest absolute Gasteiger partial charge is 0.492 e.